The van der Waals surface area contributed by atoms with Crippen molar-refractivity contribution in [1.82, 2.24) is 5.06 Å². The highest BCUT2D eigenvalue weighted by atomic mass is 16.7. The summed E-state index contributed by atoms with van der Waals surface area (Å²) in [6.45, 7) is -0.780. The number of hydrogen-bond donors (Lipinski definition) is 0. The normalized spacial score (nSPS) is 18.4. The highest BCUT2D eigenvalue weighted by Crippen LogP contribution is 2.56. The Hall–Kier alpha value is -5.26. The molecule has 40 heavy (non-hydrogen) atoms. The number of imide groups is 1. The minimum atomic E-state index is -1.10. The number of hydroxylamine groups is 2. The second-order valence-corrected chi connectivity index (χ2v) is 8.84. The zero-order chi connectivity index (χ0) is 27.7. The van der Waals surface area contributed by atoms with Crippen molar-refractivity contribution in [3.8, 4) is 28.7 Å². The number of carbonyl (C=O) groups excluding carboxylic acids is 3. The average molecular weight is 544 g/mol. The third-order valence-electron chi connectivity index (χ3n) is 6.55. The molecule has 0 N–H and O–H groups in total. The van der Waals surface area contributed by atoms with E-state index in [0.29, 0.717) is 39.2 Å². The van der Waals surface area contributed by atoms with E-state index in [0.717, 1.165) is 5.56 Å². The minimum absolute atomic E-state index is 0.00706. The molecule has 0 saturated carbocycles. The van der Waals surface area contributed by atoms with Crippen molar-refractivity contribution in [2.24, 2.45) is 5.11 Å². The van der Waals surface area contributed by atoms with Gasteiger partial charge in [0.2, 0.25) is 0 Å². The smallest absolute Gasteiger partial charge is 0.370 e. The first-order valence-electron chi connectivity index (χ1n) is 12.2. The Morgan fingerprint density at radius 2 is 1.57 bits per heavy atom. The summed E-state index contributed by atoms with van der Waals surface area (Å²) in [7, 11) is 0. The first-order valence-corrected chi connectivity index (χ1v) is 12.2. The van der Waals surface area contributed by atoms with Gasteiger partial charge in [-0.25, -0.2) is 4.79 Å². The van der Waals surface area contributed by atoms with Gasteiger partial charge in [-0.05, 0) is 35.9 Å². The standard InChI is InChI=1S/C27H20N4O9/c28-30-29-14-36-17-6-8-20-23(12-17)39-22-11-16(35-13-26(34)40-31-24(32)9-10-25(31)33)5-7-19(22)27(20)18-3-1-2-4-21(18)37-15-38-27/h1-8,11-12H,9-10,13-15H2. The van der Waals surface area contributed by atoms with Crippen LogP contribution in [-0.4, -0.2) is 43.0 Å². The third-order valence-corrected chi connectivity index (χ3v) is 6.55. The predicted octanol–water partition coefficient (Wildman–Crippen LogP) is 4.08. The van der Waals surface area contributed by atoms with Crippen LogP contribution in [0.3, 0.4) is 0 Å². The molecule has 1 spiro atoms. The van der Waals surface area contributed by atoms with Crippen LogP contribution in [0.4, 0.5) is 0 Å². The quantitative estimate of drug-likeness (QED) is 0.185. The molecule has 3 aliphatic rings. The predicted molar refractivity (Wildman–Crippen MR) is 133 cm³/mol. The molecule has 0 radical (unpaired) electrons. The van der Waals surface area contributed by atoms with Gasteiger partial charge in [0.25, 0.3) is 11.8 Å². The van der Waals surface area contributed by atoms with Crippen molar-refractivity contribution in [3.05, 3.63) is 87.8 Å². The minimum Gasteiger partial charge on any atom is -0.487 e. The summed E-state index contributed by atoms with van der Waals surface area (Å²) < 4.78 is 29.5. The Morgan fingerprint density at radius 1 is 0.925 bits per heavy atom. The molecular weight excluding hydrogens is 524 g/mol. The molecule has 6 rings (SSSR count). The molecule has 13 heteroatoms. The van der Waals surface area contributed by atoms with E-state index in [1.165, 1.54) is 0 Å². The molecule has 3 aliphatic heterocycles. The van der Waals surface area contributed by atoms with Crippen molar-refractivity contribution in [2.45, 2.75) is 18.4 Å². The number of hydrogen-bond acceptors (Lipinski definition) is 10. The summed E-state index contributed by atoms with van der Waals surface area (Å²) >= 11 is 0. The van der Waals surface area contributed by atoms with E-state index in [-0.39, 0.29) is 32.1 Å². The number of para-hydroxylation sites is 1. The molecule has 0 bridgehead atoms. The van der Waals surface area contributed by atoms with E-state index in [4.69, 9.17) is 34.1 Å². The van der Waals surface area contributed by atoms with Crippen LogP contribution in [0.5, 0.6) is 28.7 Å². The molecule has 1 fully saturated rings. The van der Waals surface area contributed by atoms with Crippen LogP contribution in [-0.2, 0) is 29.6 Å². The van der Waals surface area contributed by atoms with E-state index in [1.54, 1.807) is 30.3 Å². The van der Waals surface area contributed by atoms with Crippen molar-refractivity contribution >= 4 is 17.8 Å². The van der Waals surface area contributed by atoms with Crippen LogP contribution in [0, 0.1) is 0 Å². The zero-order valence-electron chi connectivity index (χ0n) is 20.8. The molecule has 1 atom stereocenters. The van der Waals surface area contributed by atoms with Gasteiger partial charge in [-0.2, -0.15) is 0 Å². The Morgan fingerprint density at radius 3 is 2.27 bits per heavy atom. The number of rotatable bonds is 7. The summed E-state index contributed by atoms with van der Waals surface area (Å²) in [6, 6.07) is 17.7. The lowest BCUT2D eigenvalue weighted by molar-refractivity contribution is -0.198. The van der Waals surface area contributed by atoms with Crippen LogP contribution < -0.4 is 18.9 Å². The van der Waals surface area contributed by atoms with E-state index in [9.17, 15) is 14.4 Å². The average Bonchev–Trinajstić information content (AvgIpc) is 3.28. The summed E-state index contributed by atoms with van der Waals surface area (Å²) in [4.78, 5) is 43.2. The van der Waals surface area contributed by atoms with Crippen LogP contribution in [0.15, 0.2) is 65.8 Å². The van der Waals surface area contributed by atoms with Crippen LogP contribution in [0.1, 0.15) is 29.5 Å². The Labute approximate surface area is 226 Å². The first-order chi connectivity index (χ1) is 19.5. The lowest BCUT2D eigenvalue weighted by Crippen LogP contribution is -2.40. The number of fused-ring (bicyclic) bond motifs is 6. The maximum Gasteiger partial charge on any atom is 0.370 e. The molecule has 0 aromatic heterocycles. The molecule has 0 aliphatic carbocycles. The number of azide groups is 1. The Balaban J connectivity index is 1.33. The monoisotopic (exact) mass is 544 g/mol. The van der Waals surface area contributed by atoms with E-state index in [2.05, 4.69) is 10.0 Å². The largest absolute Gasteiger partial charge is 0.487 e. The maximum absolute atomic E-state index is 12.2. The molecule has 202 valence electrons. The lowest BCUT2D eigenvalue weighted by Gasteiger charge is -2.43. The third kappa shape index (κ3) is 4.28. The van der Waals surface area contributed by atoms with E-state index >= 15 is 0 Å². The number of nitrogens with zero attached hydrogens (tertiary/aromatic N) is 4. The first kappa shape index (κ1) is 25.0. The number of amides is 2. The molecule has 13 nitrogen and oxygen atoms in total. The fourth-order valence-electron chi connectivity index (χ4n) is 4.84. The van der Waals surface area contributed by atoms with Gasteiger partial charge in [0.1, 0.15) is 28.7 Å². The summed E-state index contributed by atoms with van der Waals surface area (Å²) in [5.74, 6) is 0.0547. The molecule has 1 unspecified atom stereocenters. The van der Waals surface area contributed by atoms with Gasteiger partial charge in [0.15, 0.2) is 25.7 Å². The van der Waals surface area contributed by atoms with Gasteiger partial charge >= 0.3 is 5.97 Å². The molecule has 3 aromatic rings. The van der Waals surface area contributed by atoms with Gasteiger partial charge in [-0.15, -0.1) is 5.06 Å². The number of benzene rings is 3. The number of ether oxygens (including phenoxy) is 5. The van der Waals surface area contributed by atoms with Crippen molar-refractivity contribution < 1.29 is 42.9 Å². The summed E-state index contributed by atoms with van der Waals surface area (Å²) in [5, 5.41) is 3.86. The van der Waals surface area contributed by atoms with Crippen LogP contribution >= 0.6 is 0 Å². The lowest BCUT2D eigenvalue weighted by atomic mass is 9.77. The summed E-state index contributed by atoms with van der Waals surface area (Å²) in [5.41, 5.74) is 9.58. The fraction of sp³-hybridized carbons (Fsp3) is 0.222. The van der Waals surface area contributed by atoms with Gasteiger partial charge in [0.05, 0.1) is 0 Å². The summed E-state index contributed by atoms with van der Waals surface area (Å²) in [6.07, 6.45) is -0.0141. The molecule has 3 aromatic carbocycles. The zero-order valence-corrected chi connectivity index (χ0v) is 20.8. The van der Waals surface area contributed by atoms with Crippen LogP contribution in [0.25, 0.3) is 10.4 Å². The van der Waals surface area contributed by atoms with E-state index in [1.807, 2.05) is 30.3 Å². The fourth-order valence-corrected chi connectivity index (χ4v) is 4.84. The Kier molecular flexibility index (Phi) is 6.34. The SMILES string of the molecule is [N-]=[N+]=NCOc1ccc2c(c1)Oc1cc(OCC(=O)ON3C(=O)CCC3=O)ccc1C21OCOc2ccccc21. The molecule has 1 saturated heterocycles. The van der Waals surface area contributed by atoms with E-state index < -0.39 is 30.0 Å². The van der Waals surface area contributed by atoms with Crippen molar-refractivity contribution in [1.29, 1.82) is 0 Å². The second kappa shape index (κ2) is 10.1. The number of carbonyl (C=O) groups is 3. The Bertz CT molecular complexity index is 1570. The van der Waals surface area contributed by atoms with Gasteiger partial charge in [-0.3, -0.25) is 9.59 Å². The highest BCUT2D eigenvalue weighted by Gasteiger charge is 2.49. The van der Waals surface area contributed by atoms with Crippen LogP contribution in [0.2, 0.25) is 0 Å². The maximum atomic E-state index is 12.2. The van der Waals surface area contributed by atoms with Crippen molar-refractivity contribution in [2.75, 3.05) is 20.1 Å². The second-order valence-electron chi connectivity index (χ2n) is 8.84. The van der Waals surface area contributed by atoms with Gasteiger partial charge in [0, 0.05) is 46.6 Å². The van der Waals surface area contributed by atoms with Gasteiger partial charge in [-0.1, -0.05) is 23.3 Å². The molecular formula is C27H20N4O9. The molecule has 2 amide bonds. The van der Waals surface area contributed by atoms with Crippen molar-refractivity contribution in [3.63, 3.8) is 0 Å². The van der Waals surface area contributed by atoms with Gasteiger partial charge < -0.3 is 28.5 Å². The molecule has 3 heterocycles. The topological polar surface area (TPSA) is 159 Å². The highest BCUT2D eigenvalue weighted by molar-refractivity contribution is 6.01.